The monoisotopic (exact) mass is 489 g/mol. The van der Waals surface area contributed by atoms with E-state index in [2.05, 4.69) is 30.4 Å². The van der Waals surface area contributed by atoms with Crippen molar-refractivity contribution in [2.24, 2.45) is 0 Å². The topological polar surface area (TPSA) is 118 Å². The largest absolute Gasteiger partial charge is 0.324 e. The van der Waals surface area contributed by atoms with Crippen LogP contribution in [0.15, 0.2) is 40.4 Å². The molecular formula is C20H17Cl2N7O2S. The summed E-state index contributed by atoms with van der Waals surface area (Å²) in [5.41, 5.74) is 1.90. The molecule has 4 aromatic rings. The van der Waals surface area contributed by atoms with Crippen LogP contribution in [-0.2, 0) is 4.79 Å². The van der Waals surface area contributed by atoms with Gasteiger partial charge in [0.1, 0.15) is 5.39 Å². The molecule has 32 heavy (non-hydrogen) atoms. The number of aryl methyl sites for hydroxylation is 2. The number of amides is 1. The molecule has 0 saturated carbocycles. The van der Waals surface area contributed by atoms with Gasteiger partial charge in [0.25, 0.3) is 11.5 Å². The molecule has 1 aromatic carbocycles. The van der Waals surface area contributed by atoms with Gasteiger partial charge in [-0.1, -0.05) is 35.0 Å². The molecule has 12 heteroatoms. The molecule has 0 aliphatic carbocycles. The van der Waals surface area contributed by atoms with Crippen LogP contribution in [0, 0.1) is 13.8 Å². The first-order valence-corrected chi connectivity index (χ1v) is 11.1. The van der Waals surface area contributed by atoms with Crippen LogP contribution in [0.5, 0.6) is 0 Å². The predicted molar refractivity (Wildman–Crippen MR) is 125 cm³/mol. The molecule has 0 bridgehead atoms. The zero-order chi connectivity index (χ0) is 23.0. The quantitative estimate of drug-likeness (QED) is 0.321. The number of hydrogen-bond acceptors (Lipinski definition) is 7. The summed E-state index contributed by atoms with van der Waals surface area (Å²) in [6.45, 7) is 5.38. The molecule has 3 heterocycles. The van der Waals surface area contributed by atoms with E-state index < -0.39 is 5.25 Å². The van der Waals surface area contributed by atoms with E-state index in [1.165, 1.54) is 10.9 Å². The average Bonchev–Trinajstić information content (AvgIpc) is 3.14. The number of thioether (sulfide) groups is 1. The number of benzene rings is 1. The SMILES string of the molecule is Cc1cc(C)nc(-n2ncc3c(=O)[nH]c(S[C@@H](C)C(=O)Nc4ccc(Cl)cc4Cl)nc32)n1. The Hall–Kier alpha value is -2.95. The summed E-state index contributed by atoms with van der Waals surface area (Å²) in [4.78, 5) is 41.1. The molecule has 0 fully saturated rings. The number of carbonyl (C=O) groups is 1. The van der Waals surface area contributed by atoms with E-state index in [0.29, 0.717) is 32.7 Å². The number of carbonyl (C=O) groups excluding carboxylic acids is 1. The van der Waals surface area contributed by atoms with Crippen molar-refractivity contribution in [2.75, 3.05) is 5.32 Å². The average molecular weight is 490 g/mol. The van der Waals surface area contributed by atoms with Crippen LogP contribution in [0.25, 0.3) is 17.0 Å². The number of aromatic nitrogens is 6. The third-order valence-electron chi connectivity index (χ3n) is 4.42. The lowest BCUT2D eigenvalue weighted by atomic mass is 10.3. The smallest absolute Gasteiger partial charge is 0.262 e. The number of fused-ring (bicyclic) bond motifs is 1. The number of anilines is 1. The first-order valence-electron chi connectivity index (χ1n) is 9.44. The molecular weight excluding hydrogens is 473 g/mol. The standard InChI is InChI=1S/C20H17Cl2N7O2S/c1-9-6-10(2)25-19(24-9)29-16-13(8-23-29)18(31)28-20(27-16)32-11(3)17(30)26-15-5-4-12(21)7-14(15)22/h4-8,11H,1-3H3,(H,26,30)(H,27,28,31)/t11-/m0/s1. The fourth-order valence-electron chi connectivity index (χ4n) is 2.95. The molecule has 0 spiro atoms. The van der Waals surface area contributed by atoms with Crippen molar-refractivity contribution in [3.8, 4) is 5.95 Å². The van der Waals surface area contributed by atoms with Crippen molar-refractivity contribution in [3.63, 3.8) is 0 Å². The van der Waals surface area contributed by atoms with Gasteiger partial charge in [0.05, 0.1) is 22.2 Å². The maximum Gasteiger partial charge on any atom is 0.262 e. The Kier molecular flexibility index (Phi) is 6.18. The van der Waals surface area contributed by atoms with Crippen LogP contribution in [0.2, 0.25) is 10.0 Å². The second-order valence-corrected chi connectivity index (χ2v) is 9.16. The van der Waals surface area contributed by atoms with Gasteiger partial charge < -0.3 is 10.3 Å². The van der Waals surface area contributed by atoms with Gasteiger partial charge in [0.2, 0.25) is 5.91 Å². The number of rotatable bonds is 5. The van der Waals surface area contributed by atoms with Gasteiger partial charge >= 0.3 is 0 Å². The number of hydrogen-bond donors (Lipinski definition) is 2. The summed E-state index contributed by atoms with van der Waals surface area (Å²) < 4.78 is 1.41. The predicted octanol–water partition coefficient (Wildman–Crippen LogP) is 3.94. The minimum atomic E-state index is -0.587. The summed E-state index contributed by atoms with van der Waals surface area (Å²) in [6.07, 6.45) is 1.41. The van der Waals surface area contributed by atoms with E-state index in [0.717, 1.165) is 23.1 Å². The van der Waals surface area contributed by atoms with Crippen LogP contribution in [0.3, 0.4) is 0 Å². The lowest BCUT2D eigenvalue weighted by Crippen LogP contribution is -2.23. The Morgan fingerprint density at radius 1 is 1.16 bits per heavy atom. The Labute approximate surface area is 196 Å². The molecule has 2 N–H and O–H groups in total. The van der Waals surface area contributed by atoms with Crippen molar-refractivity contribution in [1.29, 1.82) is 0 Å². The molecule has 4 rings (SSSR count). The Morgan fingerprint density at radius 2 is 1.88 bits per heavy atom. The molecule has 1 amide bonds. The highest BCUT2D eigenvalue weighted by Crippen LogP contribution is 2.27. The van der Waals surface area contributed by atoms with E-state index in [1.807, 2.05) is 19.9 Å². The molecule has 0 unspecified atom stereocenters. The van der Waals surface area contributed by atoms with Crippen molar-refractivity contribution in [2.45, 2.75) is 31.2 Å². The first kappa shape index (κ1) is 22.3. The van der Waals surface area contributed by atoms with Gasteiger partial charge in [-0.05, 0) is 45.0 Å². The van der Waals surface area contributed by atoms with Gasteiger partial charge in [0, 0.05) is 16.4 Å². The van der Waals surface area contributed by atoms with Crippen LogP contribution in [0.4, 0.5) is 5.69 Å². The maximum absolute atomic E-state index is 12.6. The van der Waals surface area contributed by atoms with Crippen LogP contribution >= 0.6 is 35.0 Å². The number of H-pyrrole nitrogens is 1. The fraction of sp³-hybridized carbons (Fsp3) is 0.200. The summed E-state index contributed by atoms with van der Waals surface area (Å²) in [6, 6.07) is 6.63. The van der Waals surface area contributed by atoms with Crippen LogP contribution < -0.4 is 10.9 Å². The van der Waals surface area contributed by atoms with E-state index in [9.17, 15) is 9.59 Å². The second-order valence-electron chi connectivity index (χ2n) is 6.99. The molecule has 1 atom stereocenters. The number of nitrogens with zero attached hydrogens (tertiary/aromatic N) is 5. The molecule has 9 nitrogen and oxygen atoms in total. The van der Waals surface area contributed by atoms with Crippen LogP contribution in [0.1, 0.15) is 18.3 Å². The van der Waals surface area contributed by atoms with Crippen molar-refractivity contribution >= 4 is 57.6 Å². The lowest BCUT2D eigenvalue weighted by molar-refractivity contribution is -0.115. The van der Waals surface area contributed by atoms with E-state index >= 15 is 0 Å². The third kappa shape index (κ3) is 4.62. The number of halogens is 2. The molecule has 0 aliphatic rings. The van der Waals surface area contributed by atoms with Gasteiger partial charge in [-0.15, -0.1) is 0 Å². The Morgan fingerprint density at radius 3 is 2.56 bits per heavy atom. The van der Waals surface area contributed by atoms with E-state index in [4.69, 9.17) is 23.2 Å². The molecule has 0 radical (unpaired) electrons. The van der Waals surface area contributed by atoms with Gasteiger partial charge in [-0.25, -0.2) is 15.0 Å². The van der Waals surface area contributed by atoms with Gasteiger partial charge in [0.15, 0.2) is 10.8 Å². The van der Waals surface area contributed by atoms with Crippen molar-refractivity contribution in [3.05, 3.63) is 62.2 Å². The minimum Gasteiger partial charge on any atom is -0.324 e. The van der Waals surface area contributed by atoms with Crippen molar-refractivity contribution < 1.29 is 4.79 Å². The third-order valence-corrected chi connectivity index (χ3v) is 5.95. The van der Waals surface area contributed by atoms with Gasteiger partial charge in [-0.3, -0.25) is 9.59 Å². The van der Waals surface area contributed by atoms with Crippen LogP contribution in [-0.4, -0.2) is 40.9 Å². The summed E-state index contributed by atoms with van der Waals surface area (Å²) in [5.74, 6) is 0.00263. The fourth-order valence-corrected chi connectivity index (χ4v) is 4.20. The number of aromatic amines is 1. The van der Waals surface area contributed by atoms with Crippen molar-refractivity contribution in [1.82, 2.24) is 29.7 Å². The highest BCUT2D eigenvalue weighted by Gasteiger charge is 2.20. The summed E-state index contributed by atoms with van der Waals surface area (Å²) in [5, 5.41) is 7.74. The summed E-state index contributed by atoms with van der Waals surface area (Å²) in [7, 11) is 0. The molecule has 0 aliphatic heterocycles. The second kappa shape index (κ2) is 8.89. The van der Waals surface area contributed by atoms with E-state index in [1.54, 1.807) is 25.1 Å². The highest BCUT2D eigenvalue weighted by molar-refractivity contribution is 8.00. The normalized spacial score (nSPS) is 12.2. The van der Waals surface area contributed by atoms with E-state index in [-0.39, 0.29) is 16.6 Å². The highest BCUT2D eigenvalue weighted by atomic mass is 35.5. The Bertz CT molecular complexity index is 1380. The molecule has 3 aromatic heterocycles. The first-order chi connectivity index (χ1) is 15.2. The summed E-state index contributed by atoms with van der Waals surface area (Å²) >= 11 is 13.1. The molecule has 164 valence electrons. The Balaban J connectivity index is 1.61. The maximum atomic E-state index is 12.6. The lowest BCUT2D eigenvalue weighted by Gasteiger charge is -2.12. The molecule has 0 saturated heterocycles. The zero-order valence-corrected chi connectivity index (χ0v) is 19.5. The zero-order valence-electron chi connectivity index (χ0n) is 17.2. The minimum absolute atomic E-state index is 0.262. The van der Waals surface area contributed by atoms with Gasteiger partial charge in [-0.2, -0.15) is 9.78 Å². The number of nitrogens with one attached hydrogen (secondary N) is 2.